The summed E-state index contributed by atoms with van der Waals surface area (Å²) in [6.45, 7) is 4.76. The van der Waals surface area contributed by atoms with Crippen LogP contribution < -0.4 is 5.32 Å². The Morgan fingerprint density at radius 2 is 1.69 bits per heavy atom. The zero-order chi connectivity index (χ0) is 9.10. The van der Waals surface area contributed by atoms with E-state index in [4.69, 9.17) is 0 Å². The molecule has 0 aromatic heterocycles. The first kappa shape index (κ1) is 8.76. The van der Waals surface area contributed by atoms with Crippen LogP contribution in [-0.4, -0.2) is 13.1 Å². The Morgan fingerprint density at radius 1 is 1.08 bits per heavy atom. The number of nitrogens with two attached hydrogens (primary N) is 1. The van der Waals surface area contributed by atoms with Gasteiger partial charge in [0.2, 0.25) is 0 Å². The summed E-state index contributed by atoms with van der Waals surface area (Å²) in [4.78, 5) is 0. The van der Waals surface area contributed by atoms with Gasteiger partial charge in [0.1, 0.15) is 0 Å². The van der Waals surface area contributed by atoms with Crippen LogP contribution in [0.3, 0.4) is 0 Å². The van der Waals surface area contributed by atoms with Crippen LogP contribution in [0, 0.1) is 6.92 Å². The highest BCUT2D eigenvalue weighted by Gasteiger charge is 2.16. The zero-order valence-electron chi connectivity index (χ0n) is 8.29. The van der Waals surface area contributed by atoms with Crippen molar-refractivity contribution in [2.45, 2.75) is 25.7 Å². The maximum absolute atomic E-state index is 2.42. The van der Waals surface area contributed by atoms with Gasteiger partial charge in [0.25, 0.3) is 0 Å². The lowest BCUT2D eigenvalue weighted by molar-refractivity contribution is -0.663. The Bertz CT molecular complexity index is 257. The van der Waals surface area contributed by atoms with E-state index in [1.54, 1.807) is 5.56 Å². The van der Waals surface area contributed by atoms with Crippen LogP contribution >= 0.6 is 0 Å². The van der Waals surface area contributed by atoms with Crippen LogP contribution in [-0.2, 0) is 0 Å². The van der Waals surface area contributed by atoms with Crippen molar-refractivity contribution in [3.8, 4) is 0 Å². The topological polar surface area (TPSA) is 16.6 Å². The maximum atomic E-state index is 2.42. The fourth-order valence-corrected chi connectivity index (χ4v) is 2.10. The van der Waals surface area contributed by atoms with Crippen molar-refractivity contribution in [1.29, 1.82) is 0 Å². The van der Waals surface area contributed by atoms with Crippen LogP contribution in [0.2, 0.25) is 0 Å². The number of piperidine rings is 1. The van der Waals surface area contributed by atoms with Gasteiger partial charge in [0.05, 0.1) is 13.1 Å². The van der Waals surface area contributed by atoms with E-state index in [1.165, 1.54) is 31.5 Å². The van der Waals surface area contributed by atoms with Gasteiger partial charge in [-0.2, -0.15) is 0 Å². The van der Waals surface area contributed by atoms with Crippen molar-refractivity contribution in [2.24, 2.45) is 0 Å². The molecule has 1 saturated heterocycles. The van der Waals surface area contributed by atoms with E-state index >= 15 is 0 Å². The molecule has 1 aliphatic heterocycles. The van der Waals surface area contributed by atoms with E-state index in [1.807, 2.05) is 0 Å². The normalized spacial score (nSPS) is 18.8. The standard InChI is InChI=1S/C12H17N/c1-10-2-4-11(5-3-10)12-6-8-13-9-7-12/h2-5,12-13H,6-9H2,1H3/p+1. The molecule has 1 heteroatoms. The van der Waals surface area contributed by atoms with Gasteiger partial charge in [-0.1, -0.05) is 29.8 Å². The molecule has 0 unspecified atom stereocenters. The second kappa shape index (κ2) is 3.93. The molecule has 0 radical (unpaired) electrons. The molecule has 0 amide bonds. The molecule has 70 valence electrons. The molecule has 2 N–H and O–H groups in total. The van der Waals surface area contributed by atoms with Crippen molar-refractivity contribution in [3.05, 3.63) is 35.4 Å². The molecule has 0 bridgehead atoms. The molecule has 1 aliphatic rings. The number of rotatable bonds is 1. The molecule has 0 aliphatic carbocycles. The summed E-state index contributed by atoms with van der Waals surface area (Å²) >= 11 is 0. The van der Waals surface area contributed by atoms with Crippen LogP contribution in [0.15, 0.2) is 24.3 Å². The van der Waals surface area contributed by atoms with Crippen molar-refractivity contribution in [1.82, 2.24) is 0 Å². The lowest BCUT2D eigenvalue weighted by Gasteiger charge is -2.20. The third-order valence-electron chi connectivity index (χ3n) is 2.99. The molecule has 0 spiro atoms. The van der Waals surface area contributed by atoms with Gasteiger partial charge in [0.15, 0.2) is 0 Å². The van der Waals surface area contributed by atoms with E-state index in [2.05, 4.69) is 36.5 Å². The maximum Gasteiger partial charge on any atom is 0.0761 e. The molecule has 13 heavy (non-hydrogen) atoms. The number of hydrogen-bond acceptors (Lipinski definition) is 0. The first-order valence-corrected chi connectivity index (χ1v) is 5.24. The van der Waals surface area contributed by atoms with Gasteiger partial charge in [-0.15, -0.1) is 0 Å². The monoisotopic (exact) mass is 176 g/mol. The first-order chi connectivity index (χ1) is 6.36. The van der Waals surface area contributed by atoms with Gasteiger partial charge in [0, 0.05) is 12.8 Å². The zero-order valence-corrected chi connectivity index (χ0v) is 8.29. The highest BCUT2D eigenvalue weighted by molar-refractivity contribution is 5.24. The van der Waals surface area contributed by atoms with Crippen molar-refractivity contribution in [2.75, 3.05) is 13.1 Å². The number of aryl methyl sites for hydroxylation is 1. The summed E-state index contributed by atoms with van der Waals surface area (Å²) < 4.78 is 0. The van der Waals surface area contributed by atoms with Gasteiger partial charge in [-0.05, 0) is 18.4 Å². The average molecular weight is 176 g/mol. The number of quaternary nitrogens is 1. The third-order valence-corrected chi connectivity index (χ3v) is 2.99. The van der Waals surface area contributed by atoms with Gasteiger partial charge in [-0.3, -0.25) is 0 Å². The molecule has 0 atom stereocenters. The SMILES string of the molecule is Cc1ccc(C2CC[NH2+]CC2)cc1. The van der Waals surface area contributed by atoms with Crippen LogP contribution in [0.5, 0.6) is 0 Å². The Kier molecular flexibility index (Phi) is 2.65. The Morgan fingerprint density at radius 3 is 2.31 bits per heavy atom. The molecule has 2 rings (SSSR count). The molecule has 1 aromatic carbocycles. The number of benzene rings is 1. The Labute approximate surface area is 80.2 Å². The van der Waals surface area contributed by atoms with Crippen LogP contribution in [0.25, 0.3) is 0 Å². The second-order valence-electron chi connectivity index (χ2n) is 4.05. The summed E-state index contributed by atoms with van der Waals surface area (Å²) in [7, 11) is 0. The van der Waals surface area contributed by atoms with Crippen molar-refractivity contribution >= 4 is 0 Å². The minimum Gasteiger partial charge on any atom is -0.346 e. The van der Waals surface area contributed by atoms with E-state index in [9.17, 15) is 0 Å². The minimum atomic E-state index is 0.825. The second-order valence-corrected chi connectivity index (χ2v) is 4.05. The molecule has 1 nitrogen and oxygen atoms in total. The molecule has 1 fully saturated rings. The van der Waals surface area contributed by atoms with Gasteiger partial charge >= 0.3 is 0 Å². The van der Waals surface area contributed by atoms with Crippen molar-refractivity contribution < 1.29 is 5.32 Å². The smallest absolute Gasteiger partial charge is 0.0761 e. The van der Waals surface area contributed by atoms with Gasteiger partial charge < -0.3 is 5.32 Å². The molecule has 0 saturated carbocycles. The third kappa shape index (κ3) is 2.10. The largest absolute Gasteiger partial charge is 0.346 e. The summed E-state index contributed by atoms with van der Waals surface area (Å²) in [5, 5.41) is 2.42. The summed E-state index contributed by atoms with van der Waals surface area (Å²) in [5.41, 5.74) is 2.91. The number of hydrogen-bond donors (Lipinski definition) is 1. The summed E-state index contributed by atoms with van der Waals surface area (Å²) in [6.07, 6.45) is 2.70. The van der Waals surface area contributed by atoms with Crippen LogP contribution in [0.4, 0.5) is 0 Å². The molecular formula is C12H18N+. The van der Waals surface area contributed by atoms with E-state index in [0.717, 1.165) is 5.92 Å². The van der Waals surface area contributed by atoms with E-state index in [0.29, 0.717) is 0 Å². The highest BCUT2D eigenvalue weighted by Crippen LogP contribution is 2.23. The van der Waals surface area contributed by atoms with E-state index in [-0.39, 0.29) is 0 Å². The lowest BCUT2D eigenvalue weighted by atomic mass is 9.90. The predicted molar refractivity (Wildman–Crippen MR) is 54.8 cm³/mol. The van der Waals surface area contributed by atoms with Gasteiger partial charge in [-0.25, -0.2) is 0 Å². The molecule has 1 heterocycles. The van der Waals surface area contributed by atoms with Crippen LogP contribution in [0.1, 0.15) is 29.9 Å². The molecular weight excluding hydrogens is 158 g/mol. The van der Waals surface area contributed by atoms with E-state index < -0.39 is 0 Å². The lowest BCUT2D eigenvalue weighted by Crippen LogP contribution is -2.86. The Balaban J connectivity index is 2.10. The predicted octanol–water partition coefficient (Wildman–Crippen LogP) is 1.44. The molecule has 1 aromatic rings. The quantitative estimate of drug-likeness (QED) is 0.667. The summed E-state index contributed by atoms with van der Waals surface area (Å²) in [6, 6.07) is 9.05. The fraction of sp³-hybridized carbons (Fsp3) is 0.500. The first-order valence-electron chi connectivity index (χ1n) is 5.24. The highest BCUT2D eigenvalue weighted by atomic mass is 14.9. The minimum absolute atomic E-state index is 0.825. The Hall–Kier alpha value is -0.820. The summed E-state index contributed by atoms with van der Waals surface area (Å²) in [5.74, 6) is 0.825. The fourth-order valence-electron chi connectivity index (χ4n) is 2.10. The average Bonchev–Trinajstić information content (AvgIpc) is 2.20. The van der Waals surface area contributed by atoms with Crippen molar-refractivity contribution in [3.63, 3.8) is 0 Å².